The van der Waals surface area contributed by atoms with Gasteiger partial charge in [-0.25, -0.2) is 0 Å². The molecule has 0 spiro atoms. The molecule has 1 aromatic rings. The number of ketones is 1. The summed E-state index contributed by atoms with van der Waals surface area (Å²) in [6.07, 6.45) is 3.07. The molecule has 0 radical (unpaired) electrons. The Hall–Kier alpha value is -0.820. The van der Waals surface area contributed by atoms with Gasteiger partial charge in [0.1, 0.15) is 0 Å². The SMILES string of the molecule is Cc1cc(Cl)c(C(=O)CC2CC2)cc1C. The highest BCUT2D eigenvalue weighted by molar-refractivity contribution is 6.34. The van der Waals surface area contributed by atoms with Gasteiger partial charge in [0, 0.05) is 12.0 Å². The van der Waals surface area contributed by atoms with Gasteiger partial charge >= 0.3 is 0 Å². The summed E-state index contributed by atoms with van der Waals surface area (Å²) in [5.74, 6) is 0.820. The van der Waals surface area contributed by atoms with Gasteiger partial charge in [-0.15, -0.1) is 0 Å². The third-order valence-electron chi connectivity index (χ3n) is 3.05. The van der Waals surface area contributed by atoms with Crippen LogP contribution < -0.4 is 0 Å². The Labute approximate surface area is 95.4 Å². The second-order valence-electron chi connectivity index (χ2n) is 4.49. The van der Waals surface area contributed by atoms with Gasteiger partial charge in [-0.1, -0.05) is 11.6 Å². The van der Waals surface area contributed by atoms with Crippen LogP contribution in [0.5, 0.6) is 0 Å². The average molecular weight is 223 g/mol. The molecule has 1 aromatic carbocycles. The molecule has 0 aliphatic heterocycles. The number of hydrogen-bond acceptors (Lipinski definition) is 1. The van der Waals surface area contributed by atoms with Crippen molar-refractivity contribution >= 4 is 17.4 Å². The highest BCUT2D eigenvalue weighted by Gasteiger charge is 2.25. The first-order valence-corrected chi connectivity index (χ1v) is 5.75. The lowest BCUT2D eigenvalue weighted by Gasteiger charge is -2.07. The molecular weight excluding hydrogens is 208 g/mol. The first-order chi connectivity index (χ1) is 7.08. The molecule has 2 heteroatoms. The molecule has 0 N–H and O–H groups in total. The van der Waals surface area contributed by atoms with Crippen molar-refractivity contribution in [3.8, 4) is 0 Å². The fourth-order valence-corrected chi connectivity index (χ4v) is 2.01. The maximum absolute atomic E-state index is 11.9. The Morgan fingerprint density at radius 1 is 1.33 bits per heavy atom. The molecule has 0 heterocycles. The Morgan fingerprint density at radius 2 is 1.93 bits per heavy atom. The number of rotatable bonds is 3. The van der Waals surface area contributed by atoms with E-state index in [9.17, 15) is 4.79 Å². The molecule has 1 aliphatic carbocycles. The summed E-state index contributed by atoms with van der Waals surface area (Å²) in [5.41, 5.74) is 2.98. The number of hydrogen-bond donors (Lipinski definition) is 0. The summed E-state index contributed by atoms with van der Waals surface area (Å²) in [4.78, 5) is 11.9. The number of carbonyl (C=O) groups excluding carboxylic acids is 1. The first-order valence-electron chi connectivity index (χ1n) is 5.38. The minimum atomic E-state index is 0.200. The predicted molar refractivity (Wildman–Crippen MR) is 62.6 cm³/mol. The van der Waals surface area contributed by atoms with E-state index in [0.717, 1.165) is 11.1 Å². The Bertz CT molecular complexity index is 405. The third-order valence-corrected chi connectivity index (χ3v) is 3.37. The zero-order valence-electron chi connectivity index (χ0n) is 9.14. The van der Waals surface area contributed by atoms with Gasteiger partial charge in [-0.3, -0.25) is 4.79 Å². The summed E-state index contributed by atoms with van der Waals surface area (Å²) in [5, 5.41) is 0.601. The topological polar surface area (TPSA) is 17.1 Å². The number of halogens is 1. The highest BCUT2D eigenvalue weighted by Crippen LogP contribution is 2.34. The second-order valence-corrected chi connectivity index (χ2v) is 4.89. The van der Waals surface area contributed by atoms with Crippen molar-refractivity contribution in [2.45, 2.75) is 33.1 Å². The molecule has 1 aliphatic rings. The minimum absolute atomic E-state index is 0.200. The van der Waals surface area contributed by atoms with Crippen molar-refractivity contribution in [3.63, 3.8) is 0 Å². The quantitative estimate of drug-likeness (QED) is 0.708. The van der Waals surface area contributed by atoms with E-state index < -0.39 is 0 Å². The van der Waals surface area contributed by atoms with E-state index in [1.54, 1.807) is 0 Å². The Kier molecular flexibility index (Phi) is 2.83. The molecule has 1 fully saturated rings. The van der Waals surface area contributed by atoms with E-state index in [1.165, 1.54) is 12.8 Å². The van der Waals surface area contributed by atoms with Crippen molar-refractivity contribution < 1.29 is 4.79 Å². The lowest BCUT2D eigenvalue weighted by Crippen LogP contribution is -2.02. The van der Waals surface area contributed by atoms with E-state index >= 15 is 0 Å². The van der Waals surface area contributed by atoms with Gasteiger partial charge in [0.05, 0.1) is 5.02 Å². The maximum atomic E-state index is 11.9. The molecule has 15 heavy (non-hydrogen) atoms. The summed E-state index contributed by atoms with van der Waals surface area (Å²) >= 11 is 6.08. The van der Waals surface area contributed by atoms with Crippen LogP contribution in [0.1, 0.15) is 40.7 Å². The average Bonchev–Trinajstić information content (AvgIpc) is 2.95. The fraction of sp³-hybridized carbons (Fsp3) is 0.462. The van der Waals surface area contributed by atoms with E-state index in [2.05, 4.69) is 0 Å². The van der Waals surface area contributed by atoms with Crippen LogP contribution in [0.15, 0.2) is 12.1 Å². The van der Waals surface area contributed by atoms with Crippen LogP contribution in [-0.2, 0) is 0 Å². The molecule has 0 aromatic heterocycles. The van der Waals surface area contributed by atoms with E-state index in [4.69, 9.17) is 11.6 Å². The molecule has 0 atom stereocenters. The minimum Gasteiger partial charge on any atom is -0.294 e. The van der Waals surface area contributed by atoms with Crippen molar-refractivity contribution in [1.29, 1.82) is 0 Å². The molecule has 2 rings (SSSR count). The molecule has 1 saturated carbocycles. The van der Waals surface area contributed by atoms with Crippen molar-refractivity contribution in [2.75, 3.05) is 0 Å². The van der Waals surface area contributed by atoms with Crippen molar-refractivity contribution in [1.82, 2.24) is 0 Å². The van der Waals surface area contributed by atoms with Gasteiger partial charge in [0.15, 0.2) is 5.78 Å². The normalized spacial score (nSPS) is 15.4. The van der Waals surface area contributed by atoms with Crippen LogP contribution >= 0.6 is 11.6 Å². The van der Waals surface area contributed by atoms with Crippen LogP contribution in [0, 0.1) is 19.8 Å². The van der Waals surface area contributed by atoms with Crippen LogP contribution in [0.25, 0.3) is 0 Å². The van der Waals surface area contributed by atoms with E-state index in [0.29, 0.717) is 22.9 Å². The van der Waals surface area contributed by atoms with Crippen LogP contribution in [0.2, 0.25) is 5.02 Å². The zero-order chi connectivity index (χ0) is 11.0. The van der Waals surface area contributed by atoms with Crippen molar-refractivity contribution in [2.24, 2.45) is 5.92 Å². The summed E-state index contributed by atoms with van der Waals surface area (Å²) in [6.45, 7) is 4.02. The lowest BCUT2D eigenvalue weighted by molar-refractivity contribution is 0.0976. The molecule has 0 bridgehead atoms. The largest absolute Gasteiger partial charge is 0.294 e. The molecule has 80 valence electrons. The summed E-state index contributed by atoms with van der Waals surface area (Å²) in [6, 6.07) is 3.80. The van der Waals surface area contributed by atoms with Crippen LogP contribution in [0.4, 0.5) is 0 Å². The number of carbonyl (C=O) groups is 1. The highest BCUT2D eigenvalue weighted by atomic mass is 35.5. The van der Waals surface area contributed by atoms with Gasteiger partial charge in [-0.05, 0) is 55.9 Å². The molecular formula is C13H15ClO. The summed E-state index contributed by atoms with van der Waals surface area (Å²) in [7, 11) is 0. The van der Waals surface area contributed by atoms with Crippen LogP contribution in [0.3, 0.4) is 0 Å². The van der Waals surface area contributed by atoms with Gasteiger partial charge < -0.3 is 0 Å². The Balaban J connectivity index is 2.25. The summed E-state index contributed by atoms with van der Waals surface area (Å²) < 4.78 is 0. The lowest BCUT2D eigenvalue weighted by atomic mass is 10.0. The molecule has 1 nitrogen and oxygen atoms in total. The van der Waals surface area contributed by atoms with E-state index in [1.807, 2.05) is 26.0 Å². The van der Waals surface area contributed by atoms with Crippen LogP contribution in [-0.4, -0.2) is 5.78 Å². The first kappa shape index (κ1) is 10.7. The Morgan fingerprint density at radius 3 is 2.53 bits per heavy atom. The monoisotopic (exact) mass is 222 g/mol. The molecule has 0 amide bonds. The fourth-order valence-electron chi connectivity index (χ4n) is 1.69. The number of benzene rings is 1. The molecule has 0 saturated heterocycles. The standard InChI is InChI=1S/C13H15ClO/c1-8-5-11(12(14)6-9(8)2)13(15)7-10-3-4-10/h5-6,10H,3-4,7H2,1-2H3. The smallest absolute Gasteiger partial charge is 0.164 e. The zero-order valence-corrected chi connectivity index (χ0v) is 9.90. The number of aryl methyl sites for hydroxylation is 2. The number of Topliss-reactive ketones (excluding diaryl/α,β-unsaturated/α-hetero) is 1. The maximum Gasteiger partial charge on any atom is 0.164 e. The van der Waals surface area contributed by atoms with Gasteiger partial charge in [-0.2, -0.15) is 0 Å². The van der Waals surface area contributed by atoms with Gasteiger partial charge in [0.2, 0.25) is 0 Å². The third kappa shape index (κ3) is 2.40. The van der Waals surface area contributed by atoms with Gasteiger partial charge in [0.25, 0.3) is 0 Å². The predicted octanol–water partition coefficient (Wildman–Crippen LogP) is 3.94. The molecule has 0 unspecified atom stereocenters. The van der Waals surface area contributed by atoms with E-state index in [-0.39, 0.29) is 5.78 Å². The van der Waals surface area contributed by atoms with Crippen molar-refractivity contribution in [3.05, 3.63) is 33.8 Å². The second kappa shape index (κ2) is 3.97.